The van der Waals surface area contributed by atoms with Crippen LogP contribution in [-0.4, -0.2) is 15.0 Å². The molecule has 3 rings (SSSR count). The summed E-state index contributed by atoms with van der Waals surface area (Å²) in [6.45, 7) is 8.90. The third-order valence-corrected chi connectivity index (χ3v) is 3.39. The van der Waals surface area contributed by atoms with E-state index in [0.29, 0.717) is 0 Å². The fraction of sp³-hybridized carbons (Fsp3) is 0.294. The van der Waals surface area contributed by atoms with E-state index in [-0.39, 0.29) is 0 Å². The van der Waals surface area contributed by atoms with E-state index in [9.17, 15) is 0 Å². The molecular weight excluding hydrogens is 260 g/mol. The predicted molar refractivity (Wildman–Crippen MR) is 88.5 cm³/mol. The standard InChI is InChI=1S/C15H16N4.C2H6/c1-10-11(2)19-15-13(10)14(17-9-18-15)16-8-12-6-4-3-5-7-12;1-2/h3-7,9H,8H2,1-2H3,(H2,16,17,18,19);1-2H3. The summed E-state index contributed by atoms with van der Waals surface area (Å²) in [4.78, 5) is 11.9. The van der Waals surface area contributed by atoms with Crippen molar-refractivity contribution in [1.82, 2.24) is 15.0 Å². The molecule has 0 unspecified atom stereocenters. The molecule has 0 aliphatic rings. The zero-order chi connectivity index (χ0) is 15.2. The van der Waals surface area contributed by atoms with Gasteiger partial charge in [-0.2, -0.15) is 0 Å². The number of aromatic nitrogens is 3. The molecule has 0 fully saturated rings. The van der Waals surface area contributed by atoms with Crippen molar-refractivity contribution in [3.63, 3.8) is 0 Å². The third-order valence-electron chi connectivity index (χ3n) is 3.39. The fourth-order valence-electron chi connectivity index (χ4n) is 2.21. The summed E-state index contributed by atoms with van der Waals surface area (Å²) in [7, 11) is 0. The van der Waals surface area contributed by atoms with Crippen molar-refractivity contribution in [1.29, 1.82) is 0 Å². The number of fused-ring (bicyclic) bond motifs is 1. The van der Waals surface area contributed by atoms with Crippen LogP contribution in [0.15, 0.2) is 36.7 Å². The van der Waals surface area contributed by atoms with Crippen LogP contribution in [0, 0.1) is 13.8 Å². The van der Waals surface area contributed by atoms with Gasteiger partial charge >= 0.3 is 0 Å². The minimum absolute atomic E-state index is 0.761. The van der Waals surface area contributed by atoms with Crippen LogP contribution in [0.2, 0.25) is 0 Å². The Kier molecular flexibility index (Phi) is 4.93. The summed E-state index contributed by atoms with van der Waals surface area (Å²) in [5.41, 5.74) is 4.46. The second kappa shape index (κ2) is 6.88. The van der Waals surface area contributed by atoms with Crippen LogP contribution >= 0.6 is 0 Å². The largest absolute Gasteiger partial charge is 0.365 e. The molecule has 110 valence electrons. The number of aromatic amines is 1. The van der Waals surface area contributed by atoms with Crippen molar-refractivity contribution < 1.29 is 0 Å². The van der Waals surface area contributed by atoms with Crippen molar-refractivity contribution >= 4 is 16.9 Å². The highest BCUT2D eigenvalue weighted by Crippen LogP contribution is 2.25. The highest BCUT2D eigenvalue weighted by Gasteiger charge is 2.10. The number of aryl methyl sites for hydroxylation is 2. The van der Waals surface area contributed by atoms with E-state index in [2.05, 4.69) is 46.2 Å². The summed E-state index contributed by atoms with van der Waals surface area (Å²) in [5.74, 6) is 0.885. The molecule has 1 aromatic carbocycles. The maximum absolute atomic E-state index is 4.35. The first-order valence-electron chi connectivity index (χ1n) is 7.33. The Morgan fingerprint density at radius 3 is 2.48 bits per heavy atom. The molecule has 0 atom stereocenters. The lowest BCUT2D eigenvalue weighted by Gasteiger charge is -2.07. The first-order chi connectivity index (χ1) is 10.3. The van der Waals surface area contributed by atoms with Crippen LogP contribution < -0.4 is 5.32 Å². The van der Waals surface area contributed by atoms with E-state index in [1.165, 1.54) is 11.1 Å². The van der Waals surface area contributed by atoms with E-state index in [0.717, 1.165) is 29.1 Å². The minimum atomic E-state index is 0.761. The van der Waals surface area contributed by atoms with Crippen LogP contribution in [0.1, 0.15) is 30.7 Å². The highest BCUT2D eigenvalue weighted by atomic mass is 15.0. The van der Waals surface area contributed by atoms with Gasteiger partial charge in [-0.15, -0.1) is 0 Å². The Hall–Kier alpha value is -2.36. The number of rotatable bonds is 3. The van der Waals surface area contributed by atoms with E-state index in [1.807, 2.05) is 32.0 Å². The lowest BCUT2D eigenvalue weighted by atomic mass is 10.2. The predicted octanol–water partition coefficient (Wildman–Crippen LogP) is 4.21. The molecule has 0 spiro atoms. The molecule has 0 amide bonds. The molecular formula is C17H22N4. The van der Waals surface area contributed by atoms with Gasteiger partial charge in [0.15, 0.2) is 0 Å². The van der Waals surface area contributed by atoms with Gasteiger partial charge in [0.05, 0.1) is 5.39 Å². The molecule has 4 nitrogen and oxygen atoms in total. The Morgan fingerprint density at radius 1 is 1.05 bits per heavy atom. The molecule has 0 saturated heterocycles. The molecule has 2 heterocycles. The summed E-state index contributed by atoms with van der Waals surface area (Å²) >= 11 is 0. The maximum atomic E-state index is 4.35. The topological polar surface area (TPSA) is 53.6 Å². The number of anilines is 1. The fourth-order valence-corrected chi connectivity index (χ4v) is 2.21. The molecule has 2 N–H and O–H groups in total. The van der Waals surface area contributed by atoms with Gasteiger partial charge < -0.3 is 10.3 Å². The van der Waals surface area contributed by atoms with Crippen molar-refractivity contribution in [3.05, 3.63) is 53.5 Å². The molecule has 0 radical (unpaired) electrons. The maximum Gasteiger partial charge on any atom is 0.143 e. The monoisotopic (exact) mass is 282 g/mol. The van der Waals surface area contributed by atoms with E-state index < -0.39 is 0 Å². The van der Waals surface area contributed by atoms with Crippen LogP contribution in [0.25, 0.3) is 11.0 Å². The molecule has 4 heteroatoms. The average Bonchev–Trinajstić information content (AvgIpc) is 2.84. The lowest BCUT2D eigenvalue weighted by molar-refractivity contribution is 1.10. The second-order valence-corrected chi connectivity index (χ2v) is 4.66. The first-order valence-corrected chi connectivity index (χ1v) is 7.33. The molecule has 3 aromatic rings. The lowest BCUT2D eigenvalue weighted by Crippen LogP contribution is -2.02. The van der Waals surface area contributed by atoms with Crippen molar-refractivity contribution in [2.45, 2.75) is 34.2 Å². The molecule has 2 aromatic heterocycles. The number of hydrogen-bond donors (Lipinski definition) is 2. The Bertz CT molecular complexity index is 701. The third kappa shape index (κ3) is 3.21. The van der Waals surface area contributed by atoms with E-state index in [4.69, 9.17) is 0 Å². The molecule has 0 bridgehead atoms. The normalized spacial score (nSPS) is 10.1. The molecule has 0 aliphatic carbocycles. The van der Waals surface area contributed by atoms with Gasteiger partial charge in [-0.25, -0.2) is 9.97 Å². The van der Waals surface area contributed by atoms with E-state index in [1.54, 1.807) is 6.33 Å². The summed E-state index contributed by atoms with van der Waals surface area (Å²) in [6, 6.07) is 10.3. The van der Waals surface area contributed by atoms with Crippen molar-refractivity contribution in [2.24, 2.45) is 0 Å². The van der Waals surface area contributed by atoms with Crippen LogP contribution in [-0.2, 0) is 6.54 Å². The summed E-state index contributed by atoms with van der Waals surface area (Å²) in [5, 5.41) is 4.47. The van der Waals surface area contributed by atoms with Crippen molar-refractivity contribution in [2.75, 3.05) is 5.32 Å². The Balaban J connectivity index is 0.000000774. The SMILES string of the molecule is CC.Cc1[nH]c2ncnc(NCc3ccccc3)c2c1C. The molecule has 0 aliphatic heterocycles. The van der Waals surface area contributed by atoms with Gasteiger partial charge in [0.2, 0.25) is 0 Å². The summed E-state index contributed by atoms with van der Waals surface area (Å²) in [6.07, 6.45) is 1.59. The Morgan fingerprint density at radius 2 is 1.76 bits per heavy atom. The van der Waals surface area contributed by atoms with Gasteiger partial charge in [0.1, 0.15) is 17.8 Å². The number of hydrogen-bond acceptors (Lipinski definition) is 3. The smallest absolute Gasteiger partial charge is 0.143 e. The van der Waals surface area contributed by atoms with Crippen LogP contribution in [0.4, 0.5) is 5.82 Å². The number of nitrogens with one attached hydrogen (secondary N) is 2. The van der Waals surface area contributed by atoms with Gasteiger partial charge in [0.25, 0.3) is 0 Å². The molecule has 0 saturated carbocycles. The van der Waals surface area contributed by atoms with Crippen LogP contribution in [0.3, 0.4) is 0 Å². The quantitative estimate of drug-likeness (QED) is 0.756. The van der Waals surface area contributed by atoms with Gasteiger partial charge in [-0.05, 0) is 25.0 Å². The average molecular weight is 282 g/mol. The van der Waals surface area contributed by atoms with Crippen LogP contribution in [0.5, 0.6) is 0 Å². The first kappa shape index (κ1) is 15.0. The van der Waals surface area contributed by atoms with E-state index >= 15 is 0 Å². The van der Waals surface area contributed by atoms with Gasteiger partial charge in [0, 0.05) is 12.2 Å². The Labute approximate surface area is 125 Å². The number of H-pyrrole nitrogens is 1. The zero-order valence-corrected chi connectivity index (χ0v) is 13.1. The van der Waals surface area contributed by atoms with Gasteiger partial charge in [-0.3, -0.25) is 0 Å². The zero-order valence-electron chi connectivity index (χ0n) is 13.1. The second-order valence-electron chi connectivity index (χ2n) is 4.66. The van der Waals surface area contributed by atoms with Crippen molar-refractivity contribution in [3.8, 4) is 0 Å². The number of nitrogens with zero attached hydrogens (tertiary/aromatic N) is 2. The minimum Gasteiger partial charge on any atom is -0.365 e. The molecule has 21 heavy (non-hydrogen) atoms. The van der Waals surface area contributed by atoms with Gasteiger partial charge in [-0.1, -0.05) is 44.2 Å². The number of benzene rings is 1. The summed E-state index contributed by atoms with van der Waals surface area (Å²) < 4.78 is 0. The highest BCUT2D eigenvalue weighted by molar-refractivity contribution is 5.91.